The number of hydrogen-bond donors (Lipinski definition) is 1. The maximum atomic E-state index is 12.1. The third-order valence-corrected chi connectivity index (χ3v) is 3.44. The van der Waals surface area contributed by atoms with Crippen molar-refractivity contribution in [3.8, 4) is 5.75 Å². The predicted molar refractivity (Wildman–Crippen MR) is 84.4 cm³/mol. The Morgan fingerprint density at radius 1 is 0.955 bits per heavy atom. The summed E-state index contributed by atoms with van der Waals surface area (Å²) in [4.78, 5) is 24.0. The first-order chi connectivity index (χ1) is 10.7. The number of carbonyl (C=O) groups is 2. The summed E-state index contributed by atoms with van der Waals surface area (Å²) >= 11 is 0. The molecule has 2 aromatic carbocycles. The van der Waals surface area contributed by atoms with Crippen LogP contribution < -0.4 is 10.1 Å². The van der Waals surface area contributed by atoms with Crippen molar-refractivity contribution < 1.29 is 14.3 Å². The number of nitrogens with one attached hydrogen (secondary N) is 1. The first kappa shape index (κ1) is 14.1. The SMILES string of the molecule is CCOc1ccc(C=C2C(=O)NC(=O)c3ccccc32)cc1. The standard InChI is InChI=1S/C18H15NO3/c1-2-22-13-9-7-12(8-10-13)11-16-14-5-3-4-6-15(14)17(20)19-18(16)21/h3-11H,2H2,1H3,(H,19,20,21). The Labute approximate surface area is 128 Å². The molecule has 110 valence electrons. The van der Waals surface area contributed by atoms with Crippen molar-refractivity contribution in [3.05, 3.63) is 65.2 Å². The maximum absolute atomic E-state index is 12.1. The van der Waals surface area contributed by atoms with Crippen molar-refractivity contribution in [2.75, 3.05) is 6.61 Å². The summed E-state index contributed by atoms with van der Waals surface area (Å²) < 4.78 is 5.40. The molecule has 4 nitrogen and oxygen atoms in total. The zero-order valence-electron chi connectivity index (χ0n) is 12.1. The lowest BCUT2D eigenvalue weighted by atomic mass is 9.93. The van der Waals surface area contributed by atoms with Crippen molar-refractivity contribution in [2.45, 2.75) is 6.92 Å². The fraction of sp³-hybridized carbons (Fsp3) is 0.111. The molecule has 0 bridgehead atoms. The Kier molecular flexibility index (Phi) is 3.74. The van der Waals surface area contributed by atoms with Gasteiger partial charge in [0.25, 0.3) is 11.8 Å². The molecule has 1 heterocycles. The van der Waals surface area contributed by atoms with Crippen LogP contribution in [0.3, 0.4) is 0 Å². The molecule has 0 aromatic heterocycles. The van der Waals surface area contributed by atoms with E-state index in [1.165, 1.54) is 0 Å². The molecule has 2 amide bonds. The molecule has 4 heteroatoms. The van der Waals surface area contributed by atoms with Crippen LogP contribution in [0.15, 0.2) is 48.5 Å². The fourth-order valence-corrected chi connectivity index (χ4v) is 2.41. The monoisotopic (exact) mass is 293 g/mol. The van der Waals surface area contributed by atoms with E-state index in [2.05, 4.69) is 5.32 Å². The van der Waals surface area contributed by atoms with Gasteiger partial charge in [-0.1, -0.05) is 30.3 Å². The van der Waals surface area contributed by atoms with E-state index in [9.17, 15) is 9.59 Å². The van der Waals surface area contributed by atoms with Gasteiger partial charge in [0.15, 0.2) is 0 Å². The van der Waals surface area contributed by atoms with E-state index in [0.717, 1.165) is 11.3 Å². The van der Waals surface area contributed by atoms with Crippen molar-refractivity contribution in [2.24, 2.45) is 0 Å². The molecule has 2 aromatic rings. The van der Waals surface area contributed by atoms with Gasteiger partial charge in [-0.05, 0) is 42.3 Å². The van der Waals surface area contributed by atoms with Crippen LogP contribution in [-0.2, 0) is 4.79 Å². The molecule has 1 aliphatic heterocycles. The highest BCUT2D eigenvalue weighted by atomic mass is 16.5. The molecule has 22 heavy (non-hydrogen) atoms. The second-order valence-electron chi connectivity index (χ2n) is 4.89. The highest BCUT2D eigenvalue weighted by Gasteiger charge is 2.26. The van der Waals surface area contributed by atoms with E-state index in [-0.39, 0.29) is 11.8 Å². The summed E-state index contributed by atoms with van der Waals surface area (Å²) in [5.41, 5.74) is 2.53. The van der Waals surface area contributed by atoms with Gasteiger partial charge in [0.1, 0.15) is 5.75 Å². The van der Waals surface area contributed by atoms with Crippen LogP contribution in [0.4, 0.5) is 0 Å². The topological polar surface area (TPSA) is 55.4 Å². The van der Waals surface area contributed by atoms with Crippen LogP contribution in [0.25, 0.3) is 11.6 Å². The van der Waals surface area contributed by atoms with E-state index in [1.54, 1.807) is 24.3 Å². The second kappa shape index (κ2) is 5.85. The number of benzene rings is 2. The average Bonchev–Trinajstić information content (AvgIpc) is 2.53. The van der Waals surface area contributed by atoms with Crippen molar-refractivity contribution in [3.63, 3.8) is 0 Å². The molecule has 0 saturated carbocycles. The van der Waals surface area contributed by atoms with Gasteiger partial charge in [0, 0.05) is 11.1 Å². The number of imide groups is 1. The van der Waals surface area contributed by atoms with Gasteiger partial charge < -0.3 is 4.74 Å². The van der Waals surface area contributed by atoms with Gasteiger partial charge in [-0.2, -0.15) is 0 Å². The molecule has 0 saturated heterocycles. The normalized spacial score (nSPS) is 15.4. The van der Waals surface area contributed by atoms with Gasteiger partial charge in [-0.25, -0.2) is 0 Å². The molecule has 1 aliphatic rings. The van der Waals surface area contributed by atoms with Gasteiger partial charge in [-0.15, -0.1) is 0 Å². The van der Waals surface area contributed by atoms with E-state index >= 15 is 0 Å². The zero-order chi connectivity index (χ0) is 15.5. The lowest BCUT2D eigenvalue weighted by Gasteiger charge is -2.18. The van der Waals surface area contributed by atoms with Gasteiger partial charge in [-0.3, -0.25) is 14.9 Å². The van der Waals surface area contributed by atoms with Crippen LogP contribution in [0.2, 0.25) is 0 Å². The summed E-state index contributed by atoms with van der Waals surface area (Å²) in [6.07, 6.45) is 1.77. The summed E-state index contributed by atoms with van der Waals surface area (Å²) in [7, 11) is 0. The van der Waals surface area contributed by atoms with E-state index in [1.807, 2.05) is 37.3 Å². The first-order valence-electron chi connectivity index (χ1n) is 7.08. The fourth-order valence-electron chi connectivity index (χ4n) is 2.41. The molecule has 0 unspecified atom stereocenters. The van der Waals surface area contributed by atoms with Gasteiger partial charge in [0.05, 0.1) is 6.61 Å². The smallest absolute Gasteiger partial charge is 0.258 e. The number of rotatable bonds is 3. The molecular formula is C18H15NO3. The van der Waals surface area contributed by atoms with Crippen LogP contribution in [0.5, 0.6) is 5.75 Å². The Balaban J connectivity index is 2.01. The number of carbonyl (C=O) groups excluding carboxylic acids is 2. The van der Waals surface area contributed by atoms with Gasteiger partial charge in [0.2, 0.25) is 0 Å². The Hall–Kier alpha value is -2.88. The largest absolute Gasteiger partial charge is 0.494 e. The molecule has 0 fully saturated rings. The minimum atomic E-state index is -0.377. The molecule has 3 rings (SSSR count). The van der Waals surface area contributed by atoms with Crippen molar-refractivity contribution in [1.82, 2.24) is 5.32 Å². The highest BCUT2D eigenvalue weighted by molar-refractivity contribution is 6.33. The van der Waals surface area contributed by atoms with Crippen molar-refractivity contribution >= 4 is 23.5 Å². The van der Waals surface area contributed by atoms with Gasteiger partial charge >= 0.3 is 0 Å². The summed E-state index contributed by atoms with van der Waals surface area (Å²) in [6, 6.07) is 14.6. The Bertz CT molecular complexity index is 760. The van der Waals surface area contributed by atoms with Crippen molar-refractivity contribution in [1.29, 1.82) is 0 Å². The van der Waals surface area contributed by atoms with Crippen LogP contribution >= 0.6 is 0 Å². The van der Waals surface area contributed by atoms with Crippen LogP contribution in [-0.4, -0.2) is 18.4 Å². The maximum Gasteiger partial charge on any atom is 0.258 e. The Morgan fingerprint density at radius 3 is 2.32 bits per heavy atom. The lowest BCUT2D eigenvalue weighted by Crippen LogP contribution is -2.36. The van der Waals surface area contributed by atoms with E-state index < -0.39 is 0 Å². The predicted octanol–water partition coefficient (Wildman–Crippen LogP) is 2.90. The highest BCUT2D eigenvalue weighted by Crippen LogP contribution is 2.26. The number of hydrogen-bond acceptors (Lipinski definition) is 3. The molecule has 0 radical (unpaired) electrons. The van der Waals surface area contributed by atoms with E-state index in [0.29, 0.717) is 23.3 Å². The quantitative estimate of drug-likeness (QED) is 0.699. The molecule has 0 aliphatic carbocycles. The number of fused-ring (bicyclic) bond motifs is 1. The number of amides is 2. The summed E-state index contributed by atoms with van der Waals surface area (Å²) in [5.74, 6) is 0.0513. The Morgan fingerprint density at radius 2 is 1.64 bits per heavy atom. The molecule has 1 N–H and O–H groups in total. The zero-order valence-corrected chi connectivity index (χ0v) is 12.1. The van der Waals surface area contributed by atoms with E-state index in [4.69, 9.17) is 4.74 Å². The second-order valence-corrected chi connectivity index (χ2v) is 4.89. The summed E-state index contributed by atoms with van der Waals surface area (Å²) in [6.45, 7) is 2.54. The lowest BCUT2D eigenvalue weighted by molar-refractivity contribution is -0.114. The third kappa shape index (κ3) is 2.63. The summed E-state index contributed by atoms with van der Waals surface area (Å²) in [5, 5.41) is 2.37. The van der Waals surface area contributed by atoms with Crippen LogP contribution in [0.1, 0.15) is 28.4 Å². The molecule has 0 atom stereocenters. The van der Waals surface area contributed by atoms with Crippen LogP contribution in [0, 0.1) is 0 Å². The number of ether oxygens (including phenoxy) is 1. The minimum Gasteiger partial charge on any atom is -0.494 e. The first-order valence-corrected chi connectivity index (χ1v) is 7.08. The third-order valence-electron chi connectivity index (χ3n) is 3.44. The minimum absolute atomic E-state index is 0.357. The molecular weight excluding hydrogens is 278 g/mol. The molecule has 0 spiro atoms. The average molecular weight is 293 g/mol.